The van der Waals surface area contributed by atoms with Gasteiger partial charge in [-0.15, -0.1) is 22.7 Å². The van der Waals surface area contributed by atoms with Crippen molar-refractivity contribution in [3.63, 3.8) is 0 Å². The van der Waals surface area contributed by atoms with Gasteiger partial charge in [-0.1, -0.05) is 0 Å². The fraction of sp³-hybridized carbons (Fsp3) is 0.353. The zero-order chi connectivity index (χ0) is 16.7. The van der Waals surface area contributed by atoms with Gasteiger partial charge < -0.3 is 10.1 Å². The van der Waals surface area contributed by atoms with Crippen molar-refractivity contribution < 1.29 is 9.53 Å². The van der Waals surface area contributed by atoms with Crippen molar-refractivity contribution in [2.24, 2.45) is 5.92 Å². The first-order valence-electron chi connectivity index (χ1n) is 7.83. The number of carbonyl (C=O) groups excluding carboxylic acids is 1. The van der Waals surface area contributed by atoms with Crippen LogP contribution in [-0.2, 0) is 4.79 Å². The number of ether oxygens (including phenoxy) is 1. The average molecular weight is 359 g/mol. The monoisotopic (exact) mass is 359 g/mol. The van der Waals surface area contributed by atoms with Gasteiger partial charge in [0.2, 0.25) is 5.91 Å². The second-order valence-corrected chi connectivity index (χ2v) is 7.94. The van der Waals surface area contributed by atoms with Crippen molar-refractivity contribution in [2.75, 3.05) is 6.54 Å². The summed E-state index contributed by atoms with van der Waals surface area (Å²) in [6.45, 7) is 4.71. The molecule has 5 nitrogen and oxygen atoms in total. The normalized spacial score (nSPS) is 18.8. The van der Waals surface area contributed by atoms with Gasteiger partial charge in [-0.3, -0.25) is 4.79 Å². The average Bonchev–Trinajstić information content (AvgIpc) is 3.26. The van der Waals surface area contributed by atoms with Gasteiger partial charge in [-0.25, -0.2) is 9.97 Å². The lowest BCUT2D eigenvalue weighted by Crippen LogP contribution is -2.25. The summed E-state index contributed by atoms with van der Waals surface area (Å²) in [5, 5.41) is 5.90. The lowest BCUT2D eigenvalue weighted by Gasteiger charge is -2.20. The molecule has 0 radical (unpaired) electrons. The Morgan fingerprint density at radius 1 is 1.42 bits per heavy atom. The number of nitrogens with zero attached hydrogens (tertiary/aromatic N) is 2. The zero-order valence-corrected chi connectivity index (χ0v) is 15.0. The van der Waals surface area contributed by atoms with Crippen LogP contribution >= 0.6 is 22.7 Å². The Bertz CT molecular complexity index is 889. The molecule has 2 aromatic heterocycles. The van der Waals surface area contributed by atoms with Gasteiger partial charge in [0.25, 0.3) is 0 Å². The van der Waals surface area contributed by atoms with Gasteiger partial charge in [-0.2, -0.15) is 0 Å². The molecule has 1 aliphatic rings. The lowest BCUT2D eigenvalue weighted by molar-refractivity contribution is -0.119. The summed E-state index contributed by atoms with van der Waals surface area (Å²) in [6.07, 6.45) is 0.484. The predicted molar refractivity (Wildman–Crippen MR) is 96.7 cm³/mol. The van der Waals surface area contributed by atoms with E-state index in [4.69, 9.17) is 4.74 Å². The van der Waals surface area contributed by atoms with E-state index in [1.54, 1.807) is 22.7 Å². The smallest absolute Gasteiger partial charge is 0.220 e. The molecule has 124 valence electrons. The third-order valence-corrected chi connectivity index (χ3v) is 5.86. The molecule has 1 unspecified atom stereocenters. The molecule has 7 heteroatoms. The fourth-order valence-corrected chi connectivity index (χ4v) is 4.38. The number of hydrogen-bond donors (Lipinski definition) is 1. The summed E-state index contributed by atoms with van der Waals surface area (Å²) in [7, 11) is 0. The van der Waals surface area contributed by atoms with E-state index in [0.717, 1.165) is 32.2 Å². The molecule has 0 spiro atoms. The van der Waals surface area contributed by atoms with Crippen molar-refractivity contribution in [2.45, 2.75) is 26.4 Å². The molecule has 1 amide bonds. The Kier molecular flexibility index (Phi) is 3.97. The Labute approximate surface area is 147 Å². The molecule has 1 saturated heterocycles. The minimum absolute atomic E-state index is 0.0414. The minimum Gasteiger partial charge on any atom is -0.489 e. The summed E-state index contributed by atoms with van der Waals surface area (Å²) >= 11 is 3.20. The highest BCUT2D eigenvalue weighted by atomic mass is 32.1. The predicted octanol–water partition coefficient (Wildman–Crippen LogP) is 3.63. The minimum atomic E-state index is -0.0414. The van der Waals surface area contributed by atoms with Crippen molar-refractivity contribution in [1.29, 1.82) is 0 Å². The Morgan fingerprint density at radius 3 is 3.00 bits per heavy atom. The van der Waals surface area contributed by atoms with E-state index >= 15 is 0 Å². The number of fused-ring (bicyclic) bond motifs is 1. The second kappa shape index (κ2) is 6.14. The summed E-state index contributed by atoms with van der Waals surface area (Å²) in [5.41, 5.74) is 4.70. The molecular formula is C17H17N3O2S2. The number of thiazole rings is 2. The number of hydrogen-bond acceptors (Lipinski definition) is 6. The van der Waals surface area contributed by atoms with Crippen LogP contribution in [0.1, 0.15) is 18.4 Å². The number of benzene rings is 1. The van der Waals surface area contributed by atoms with Gasteiger partial charge in [0.1, 0.15) is 11.9 Å². The van der Waals surface area contributed by atoms with Crippen LogP contribution in [0.5, 0.6) is 5.75 Å². The molecule has 24 heavy (non-hydrogen) atoms. The highest BCUT2D eigenvalue weighted by molar-refractivity contribution is 7.18. The van der Waals surface area contributed by atoms with Crippen LogP contribution in [0.2, 0.25) is 0 Å². The summed E-state index contributed by atoms with van der Waals surface area (Å²) < 4.78 is 7.32. The van der Waals surface area contributed by atoms with E-state index in [0.29, 0.717) is 13.0 Å². The van der Waals surface area contributed by atoms with Crippen molar-refractivity contribution in [3.05, 3.63) is 28.0 Å². The highest BCUT2D eigenvalue weighted by Crippen LogP contribution is 2.37. The third kappa shape index (κ3) is 2.89. The van der Waals surface area contributed by atoms with Crippen LogP contribution in [0, 0.1) is 12.8 Å². The van der Waals surface area contributed by atoms with Gasteiger partial charge in [0.15, 0.2) is 0 Å². The second-order valence-electron chi connectivity index (χ2n) is 6.02. The maximum absolute atomic E-state index is 11.5. The quantitative estimate of drug-likeness (QED) is 0.772. The first kappa shape index (κ1) is 15.5. The number of amides is 1. The van der Waals surface area contributed by atoms with Crippen molar-refractivity contribution >= 4 is 38.8 Å². The summed E-state index contributed by atoms with van der Waals surface area (Å²) in [5.74, 6) is 1.13. The number of nitrogens with one attached hydrogen (secondary N) is 1. The van der Waals surface area contributed by atoms with Gasteiger partial charge in [0.05, 0.1) is 26.4 Å². The van der Waals surface area contributed by atoms with E-state index in [1.807, 2.05) is 30.8 Å². The molecule has 3 heterocycles. The number of carbonyl (C=O) groups is 1. The molecule has 0 bridgehead atoms. The molecule has 0 aliphatic carbocycles. The van der Waals surface area contributed by atoms with E-state index in [9.17, 15) is 4.79 Å². The van der Waals surface area contributed by atoms with E-state index in [-0.39, 0.29) is 17.9 Å². The van der Waals surface area contributed by atoms with E-state index in [2.05, 4.69) is 21.4 Å². The van der Waals surface area contributed by atoms with Crippen LogP contribution in [-0.4, -0.2) is 28.5 Å². The van der Waals surface area contributed by atoms with Crippen LogP contribution in [0.3, 0.4) is 0 Å². The molecule has 2 atom stereocenters. The zero-order valence-electron chi connectivity index (χ0n) is 13.4. The van der Waals surface area contributed by atoms with Crippen molar-refractivity contribution in [1.82, 2.24) is 15.3 Å². The third-order valence-electron chi connectivity index (χ3n) is 4.28. The van der Waals surface area contributed by atoms with Gasteiger partial charge >= 0.3 is 0 Å². The fourth-order valence-electron chi connectivity index (χ4n) is 2.96. The van der Waals surface area contributed by atoms with E-state index in [1.165, 1.54) is 0 Å². The molecule has 1 aliphatic heterocycles. The molecule has 0 saturated carbocycles. The number of aryl methyl sites for hydroxylation is 1. The molecule has 3 aromatic rings. The van der Waals surface area contributed by atoms with E-state index < -0.39 is 0 Å². The highest BCUT2D eigenvalue weighted by Gasteiger charge is 2.28. The first-order valence-corrected chi connectivity index (χ1v) is 9.59. The van der Waals surface area contributed by atoms with Crippen LogP contribution in [0.4, 0.5) is 0 Å². The largest absolute Gasteiger partial charge is 0.489 e. The molecule has 4 rings (SSSR count). The standard InChI is InChI=1S/C17H17N3O2S2/c1-9(12-5-16(21)18-6-12)22-15-4-11(14-7-23-8-19-14)3-13-17(15)24-10(2)20-13/h3-4,7-9,12H,5-6H2,1-2H3,(H,18,21)/t9?,12-/m1/s1. The van der Waals surface area contributed by atoms with Crippen molar-refractivity contribution in [3.8, 4) is 17.0 Å². The Balaban J connectivity index is 1.71. The molecule has 1 N–H and O–H groups in total. The Morgan fingerprint density at radius 2 is 2.29 bits per heavy atom. The SMILES string of the molecule is Cc1nc2cc(-c3cscn3)cc(OC(C)[C@H]3CNC(=O)C3)c2s1. The van der Waals surface area contributed by atoms with Gasteiger partial charge in [0, 0.05) is 29.8 Å². The van der Waals surface area contributed by atoms with Gasteiger partial charge in [-0.05, 0) is 26.0 Å². The van der Waals surface area contributed by atoms with Crippen LogP contribution in [0.25, 0.3) is 21.5 Å². The first-order chi connectivity index (χ1) is 11.6. The lowest BCUT2D eigenvalue weighted by atomic mass is 10.0. The maximum Gasteiger partial charge on any atom is 0.220 e. The topological polar surface area (TPSA) is 64.1 Å². The van der Waals surface area contributed by atoms with Crippen LogP contribution < -0.4 is 10.1 Å². The molecule has 1 aromatic carbocycles. The summed E-state index contributed by atoms with van der Waals surface area (Å²) in [4.78, 5) is 20.5. The number of aromatic nitrogens is 2. The summed E-state index contributed by atoms with van der Waals surface area (Å²) in [6, 6.07) is 4.10. The maximum atomic E-state index is 11.5. The molecule has 1 fully saturated rings. The number of rotatable bonds is 4. The molecular weight excluding hydrogens is 342 g/mol. The Hall–Kier alpha value is -1.99. The van der Waals surface area contributed by atoms with Crippen LogP contribution in [0.15, 0.2) is 23.0 Å².